The number of benzene rings is 1. The Kier molecular flexibility index (Phi) is 2.49. The minimum Gasteiger partial charge on any atom is -0.289 e. The lowest BCUT2D eigenvalue weighted by Gasteiger charge is -2.17. The topological polar surface area (TPSA) is 34.0 Å². The Morgan fingerprint density at radius 1 is 1.29 bits per heavy atom. The van der Waals surface area contributed by atoms with Crippen LogP contribution in [0.15, 0.2) is 43.1 Å². The van der Waals surface area contributed by atoms with Crippen molar-refractivity contribution in [3.63, 3.8) is 0 Å². The number of nitrogens with zero attached hydrogens (tertiary/aromatic N) is 4. The summed E-state index contributed by atoms with van der Waals surface area (Å²) in [5.74, 6) is 0. The summed E-state index contributed by atoms with van der Waals surface area (Å²) in [6, 6.07) is 8.33. The zero-order chi connectivity index (χ0) is 11.7. The van der Waals surface area contributed by atoms with Crippen LogP contribution >= 0.6 is 0 Å². The summed E-state index contributed by atoms with van der Waals surface area (Å²) < 4.78 is 1.93. The molecule has 1 aromatic carbocycles. The van der Waals surface area contributed by atoms with Crippen molar-refractivity contribution in [3.05, 3.63) is 54.4 Å². The zero-order valence-electron chi connectivity index (χ0n) is 9.58. The van der Waals surface area contributed by atoms with Gasteiger partial charge in [-0.15, -0.1) is 11.7 Å². The van der Waals surface area contributed by atoms with Gasteiger partial charge in [0.25, 0.3) is 0 Å². The molecule has 0 saturated carbocycles. The van der Waals surface area contributed by atoms with Gasteiger partial charge in [0.05, 0.1) is 17.6 Å². The minimum absolute atomic E-state index is 0.855. The van der Waals surface area contributed by atoms with E-state index in [4.69, 9.17) is 0 Å². The highest BCUT2D eigenvalue weighted by molar-refractivity contribution is 5.42. The van der Waals surface area contributed by atoms with Gasteiger partial charge in [0.1, 0.15) is 0 Å². The molecule has 1 aromatic heterocycles. The van der Waals surface area contributed by atoms with Gasteiger partial charge in [-0.3, -0.25) is 4.90 Å². The summed E-state index contributed by atoms with van der Waals surface area (Å²) in [6.45, 7) is 6.46. The molecule has 3 rings (SSSR count). The largest absolute Gasteiger partial charge is 0.289 e. The van der Waals surface area contributed by atoms with Crippen LogP contribution in [0.3, 0.4) is 0 Å². The monoisotopic (exact) mass is 226 g/mol. The fourth-order valence-corrected chi connectivity index (χ4v) is 2.26. The fraction of sp³-hybridized carbons (Fsp3) is 0.231. The molecule has 0 N–H and O–H groups in total. The molecule has 86 valence electrons. The van der Waals surface area contributed by atoms with E-state index in [0.717, 1.165) is 31.0 Å². The second kappa shape index (κ2) is 4.14. The summed E-state index contributed by atoms with van der Waals surface area (Å²) in [6.07, 6.45) is 3.76. The van der Waals surface area contributed by atoms with Crippen LogP contribution in [0.25, 0.3) is 5.69 Å². The maximum atomic E-state index is 4.17. The number of hydrogen-bond donors (Lipinski definition) is 0. The Labute approximate surface area is 100 Å². The molecule has 4 heteroatoms. The molecule has 0 amide bonds. The van der Waals surface area contributed by atoms with E-state index < -0.39 is 0 Å². The first kappa shape index (κ1) is 10.2. The van der Waals surface area contributed by atoms with Crippen LogP contribution in [0, 0.1) is 0 Å². The number of fused-ring (bicyclic) bond motifs is 3. The second-order valence-electron chi connectivity index (χ2n) is 4.22. The molecule has 0 aliphatic carbocycles. The highest BCUT2D eigenvalue weighted by atomic mass is 15.4. The van der Waals surface area contributed by atoms with E-state index >= 15 is 0 Å². The highest BCUT2D eigenvalue weighted by Gasteiger charge is 2.18. The summed E-state index contributed by atoms with van der Waals surface area (Å²) in [5, 5.41) is 8.17. The van der Waals surface area contributed by atoms with Gasteiger partial charge in [0, 0.05) is 19.6 Å². The van der Waals surface area contributed by atoms with E-state index in [1.165, 1.54) is 5.56 Å². The van der Waals surface area contributed by atoms with Crippen LogP contribution in [0.4, 0.5) is 0 Å². The molecule has 0 radical (unpaired) electrons. The Hall–Kier alpha value is -1.94. The van der Waals surface area contributed by atoms with Gasteiger partial charge < -0.3 is 0 Å². The van der Waals surface area contributed by atoms with Crippen LogP contribution < -0.4 is 0 Å². The van der Waals surface area contributed by atoms with Crippen molar-refractivity contribution >= 4 is 0 Å². The first-order valence-electron chi connectivity index (χ1n) is 5.69. The molecule has 1 aliphatic rings. The van der Waals surface area contributed by atoms with Gasteiger partial charge in [0.15, 0.2) is 0 Å². The molecule has 0 fully saturated rings. The maximum absolute atomic E-state index is 4.17. The van der Waals surface area contributed by atoms with Crippen molar-refractivity contribution in [3.8, 4) is 5.69 Å². The van der Waals surface area contributed by atoms with Crippen molar-refractivity contribution < 1.29 is 0 Å². The van der Waals surface area contributed by atoms with E-state index in [9.17, 15) is 0 Å². The van der Waals surface area contributed by atoms with Gasteiger partial charge in [-0.2, -0.15) is 0 Å². The summed E-state index contributed by atoms with van der Waals surface area (Å²) in [4.78, 5) is 2.33. The maximum Gasteiger partial charge on any atom is 0.0786 e. The number of para-hydroxylation sites is 1. The van der Waals surface area contributed by atoms with Crippen LogP contribution in [-0.2, 0) is 13.1 Å². The first-order chi connectivity index (χ1) is 8.38. The van der Waals surface area contributed by atoms with Crippen LogP contribution in [0.2, 0.25) is 0 Å². The van der Waals surface area contributed by atoms with Crippen molar-refractivity contribution in [2.45, 2.75) is 13.1 Å². The predicted octanol–water partition coefficient (Wildman–Crippen LogP) is 1.77. The summed E-state index contributed by atoms with van der Waals surface area (Å²) >= 11 is 0. The first-order valence-corrected chi connectivity index (χ1v) is 5.69. The number of rotatable bonds is 2. The van der Waals surface area contributed by atoms with E-state index in [1.807, 2.05) is 23.0 Å². The highest BCUT2D eigenvalue weighted by Crippen LogP contribution is 2.22. The van der Waals surface area contributed by atoms with E-state index in [2.05, 4.69) is 40.0 Å². The molecular weight excluding hydrogens is 212 g/mol. The van der Waals surface area contributed by atoms with Gasteiger partial charge in [-0.25, -0.2) is 4.68 Å². The third-order valence-electron chi connectivity index (χ3n) is 3.01. The fourth-order valence-electron chi connectivity index (χ4n) is 2.26. The third-order valence-corrected chi connectivity index (χ3v) is 3.01. The van der Waals surface area contributed by atoms with Gasteiger partial charge >= 0.3 is 0 Å². The van der Waals surface area contributed by atoms with Crippen molar-refractivity contribution in [1.29, 1.82) is 0 Å². The number of aromatic nitrogens is 3. The normalized spacial score (nSPS) is 14.8. The van der Waals surface area contributed by atoms with Gasteiger partial charge in [-0.1, -0.05) is 29.5 Å². The third kappa shape index (κ3) is 1.76. The molecule has 4 nitrogen and oxygen atoms in total. The Bertz CT molecular complexity index is 544. The molecule has 17 heavy (non-hydrogen) atoms. The van der Waals surface area contributed by atoms with Crippen LogP contribution in [0.1, 0.15) is 11.3 Å². The lowest BCUT2D eigenvalue weighted by atomic mass is 10.1. The standard InChI is InChI=1S/C13H14N4/c1-2-7-16-9-11-5-3-4-6-13(11)17-12(10-16)8-14-15-17/h2-6,8H,1,7,9-10H2. The van der Waals surface area contributed by atoms with Gasteiger partial charge in [-0.05, 0) is 11.6 Å². The van der Waals surface area contributed by atoms with E-state index in [0.29, 0.717) is 0 Å². The molecule has 2 aromatic rings. The SMILES string of the molecule is C=CCN1Cc2ccccc2-n2nncc2C1. The smallest absolute Gasteiger partial charge is 0.0786 e. The molecule has 0 spiro atoms. The van der Waals surface area contributed by atoms with Gasteiger partial charge in [0.2, 0.25) is 0 Å². The summed E-state index contributed by atoms with van der Waals surface area (Å²) in [7, 11) is 0. The molecule has 1 aliphatic heterocycles. The van der Waals surface area contributed by atoms with Crippen LogP contribution in [-0.4, -0.2) is 26.4 Å². The Balaban J connectivity index is 2.11. The van der Waals surface area contributed by atoms with E-state index in [-0.39, 0.29) is 0 Å². The lowest BCUT2D eigenvalue weighted by molar-refractivity contribution is 0.286. The Morgan fingerprint density at radius 3 is 3.06 bits per heavy atom. The minimum atomic E-state index is 0.855. The quantitative estimate of drug-likeness (QED) is 0.732. The van der Waals surface area contributed by atoms with Crippen molar-refractivity contribution in [2.24, 2.45) is 0 Å². The van der Waals surface area contributed by atoms with E-state index in [1.54, 1.807) is 0 Å². The molecule has 2 heterocycles. The molecular formula is C13H14N4. The molecule has 0 atom stereocenters. The van der Waals surface area contributed by atoms with Crippen molar-refractivity contribution in [1.82, 2.24) is 19.9 Å². The molecule has 0 bridgehead atoms. The van der Waals surface area contributed by atoms with Crippen molar-refractivity contribution in [2.75, 3.05) is 6.54 Å². The van der Waals surface area contributed by atoms with Crippen LogP contribution in [0.5, 0.6) is 0 Å². The molecule has 0 saturated heterocycles. The number of hydrogen-bond acceptors (Lipinski definition) is 3. The average Bonchev–Trinajstić information content (AvgIpc) is 2.73. The zero-order valence-corrected chi connectivity index (χ0v) is 9.58. The second-order valence-corrected chi connectivity index (χ2v) is 4.22. The molecule has 0 unspecified atom stereocenters. The summed E-state index contributed by atoms with van der Waals surface area (Å²) in [5.41, 5.74) is 3.53. The lowest BCUT2D eigenvalue weighted by Crippen LogP contribution is -2.21. The average molecular weight is 226 g/mol. The Morgan fingerprint density at radius 2 is 2.18 bits per heavy atom. The predicted molar refractivity (Wildman–Crippen MR) is 65.7 cm³/mol.